The van der Waals surface area contributed by atoms with E-state index in [0.717, 1.165) is 14.9 Å². The van der Waals surface area contributed by atoms with Crippen LogP contribution in [0.1, 0.15) is 19.4 Å². The average Bonchev–Trinajstić information content (AvgIpc) is 2.27. The summed E-state index contributed by atoms with van der Waals surface area (Å²) in [6, 6.07) is 6.02. The molecule has 1 N–H and O–H groups in total. The highest BCUT2D eigenvalue weighted by Crippen LogP contribution is 2.24. The van der Waals surface area contributed by atoms with Crippen LogP contribution in [0.25, 0.3) is 0 Å². The number of hydrogen-bond acceptors (Lipinski definition) is 3. The molecule has 0 saturated heterocycles. The predicted molar refractivity (Wildman–Crippen MR) is 78.5 cm³/mol. The lowest BCUT2D eigenvalue weighted by Crippen LogP contribution is -2.27. The van der Waals surface area contributed by atoms with E-state index in [9.17, 15) is 4.79 Å². The Balaban J connectivity index is 2.33. The third-order valence-electron chi connectivity index (χ3n) is 2.10. The molecule has 0 spiro atoms. The van der Waals surface area contributed by atoms with Crippen LogP contribution in [0.5, 0.6) is 0 Å². The number of thioether (sulfide) groups is 1. The minimum Gasteiger partial charge on any atom is -0.273 e. The number of nitrogens with one attached hydrogen (secondary N) is 1. The molecule has 0 unspecified atom stereocenters. The maximum atomic E-state index is 11.5. The molecule has 0 aliphatic heterocycles. The fourth-order valence-electron chi connectivity index (χ4n) is 1.24. The molecule has 0 heterocycles. The molecule has 1 aromatic rings. The van der Waals surface area contributed by atoms with Crippen LogP contribution in [-0.2, 0) is 9.63 Å². The van der Waals surface area contributed by atoms with Crippen LogP contribution in [-0.4, -0.2) is 18.3 Å². The molecule has 5 heteroatoms. The minimum atomic E-state index is -0.108. The standard InChI is InChI=1S/C13H18BrNO2S/c1-9(2)7-17-15-13(16)8-18-12-5-4-11(14)6-10(12)3/h4-6,9H,7-8H2,1-3H3,(H,15,16). The van der Waals surface area contributed by atoms with E-state index in [1.54, 1.807) is 0 Å². The van der Waals surface area contributed by atoms with Gasteiger partial charge >= 0.3 is 0 Å². The topological polar surface area (TPSA) is 38.3 Å². The van der Waals surface area contributed by atoms with Crippen molar-refractivity contribution in [1.29, 1.82) is 0 Å². The Morgan fingerprint density at radius 3 is 2.83 bits per heavy atom. The number of hydrogen-bond donors (Lipinski definition) is 1. The number of benzene rings is 1. The van der Waals surface area contributed by atoms with Gasteiger partial charge in [0.25, 0.3) is 5.91 Å². The Morgan fingerprint density at radius 2 is 2.22 bits per heavy atom. The Morgan fingerprint density at radius 1 is 1.50 bits per heavy atom. The summed E-state index contributed by atoms with van der Waals surface area (Å²) < 4.78 is 1.05. The monoisotopic (exact) mass is 331 g/mol. The van der Waals surface area contributed by atoms with E-state index in [1.165, 1.54) is 11.8 Å². The van der Waals surface area contributed by atoms with Crippen molar-refractivity contribution in [3.05, 3.63) is 28.2 Å². The largest absolute Gasteiger partial charge is 0.273 e. The summed E-state index contributed by atoms with van der Waals surface area (Å²) in [6.45, 7) is 6.63. The molecular weight excluding hydrogens is 314 g/mol. The van der Waals surface area contributed by atoms with Crippen molar-refractivity contribution in [2.45, 2.75) is 25.7 Å². The van der Waals surface area contributed by atoms with Crippen molar-refractivity contribution < 1.29 is 9.63 Å². The highest BCUT2D eigenvalue weighted by Gasteiger charge is 2.05. The second-order valence-corrected chi connectivity index (χ2v) is 6.36. The van der Waals surface area contributed by atoms with Crippen LogP contribution in [0.3, 0.4) is 0 Å². The molecule has 3 nitrogen and oxygen atoms in total. The van der Waals surface area contributed by atoms with E-state index in [0.29, 0.717) is 18.3 Å². The fourth-order valence-corrected chi connectivity index (χ4v) is 2.51. The van der Waals surface area contributed by atoms with Crippen LogP contribution in [0, 0.1) is 12.8 Å². The Bertz CT molecular complexity index is 410. The van der Waals surface area contributed by atoms with Crippen molar-refractivity contribution in [3.8, 4) is 0 Å². The second kappa shape index (κ2) is 7.81. The van der Waals surface area contributed by atoms with Gasteiger partial charge < -0.3 is 0 Å². The summed E-state index contributed by atoms with van der Waals surface area (Å²) >= 11 is 4.93. The Hall–Kier alpha value is -0.520. The first kappa shape index (κ1) is 15.5. The molecule has 0 aliphatic rings. The fraction of sp³-hybridized carbons (Fsp3) is 0.462. The van der Waals surface area contributed by atoms with Crippen molar-refractivity contribution in [1.82, 2.24) is 5.48 Å². The maximum Gasteiger partial charge on any atom is 0.253 e. The van der Waals surface area contributed by atoms with Crippen LogP contribution in [0.4, 0.5) is 0 Å². The summed E-state index contributed by atoms with van der Waals surface area (Å²) in [7, 11) is 0. The highest BCUT2D eigenvalue weighted by molar-refractivity contribution is 9.10. The smallest absolute Gasteiger partial charge is 0.253 e. The lowest BCUT2D eigenvalue weighted by atomic mass is 10.2. The predicted octanol–water partition coefficient (Wildman–Crippen LogP) is 3.55. The molecule has 1 aromatic carbocycles. The first-order valence-corrected chi connectivity index (χ1v) is 7.56. The van der Waals surface area contributed by atoms with Gasteiger partial charge in [-0.25, -0.2) is 5.48 Å². The molecule has 0 bridgehead atoms. The molecule has 0 saturated carbocycles. The summed E-state index contributed by atoms with van der Waals surface area (Å²) in [6.07, 6.45) is 0. The van der Waals surface area contributed by atoms with Gasteiger partial charge in [-0.2, -0.15) is 0 Å². The van der Waals surface area contributed by atoms with E-state index in [-0.39, 0.29) is 5.91 Å². The molecule has 1 rings (SSSR count). The van der Waals surface area contributed by atoms with E-state index in [4.69, 9.17) is 4.84 Å². The van der Waals surface area contributed by atoms with Crippen LogP contribution >= 0.6 is 27.7 Å². The molecule has 0 aliphatic carbocycles. The first-order valence-electron chi connectivity index (χ1n) is 5.78. The van der Waals surface area contributed by atoms with Gasteiger partial charge in [0.1, 0.15) is 0 Å². The van der Waals surface area contributed by atoms with Crippen molar-refractivity contribution >= 4 is 33.6 Å². The normalized spacial score (nSPS) is 10.7. The van der Waals surface area contributed by atoms with Crippen LogP contribution in [0.15, 0.2) is 27.6 Å². The number of halogens is 1. The van der Waals surface area contributed by atoms with Gasteiger partial charge in [0.2, 0.25) is 0 Å². The summed E-state index contributed by atoms with van der Waals surface area (Å²) in [5, 5.41) is 0. The highest BCUT2D eigenvalue weighted by atomic mass is 79.9. The van der Waals surface area contributed by atoms with Crippen molar-refractivity contribution in [3.63, 3.8) is 0 Å². The van der Waals surface area contributed by atoms with Crippen molar-refractivity contribution in [2.24, 2.45) is 5.92 Å². The SMILES string of the molecule is Cc1cc(Br)ccc1SCC(=O)NOCC(C)C. The van der Waals surface area contributed by atoms with E-state index >= 15 is 0 Å². The summed E-state index contributed by atoms with van der Waals surface area (Å²) in [4.78, 5) is 17.7. The third kappa shape index (κ3) is 5.89. The average molecular weight is 332 g/mol. The summed E-state index contributed by atoms with van der Waals surface area (Å²) in [5.41, 5.74) is 3.60. The van der Waals surface area contributed by atoms with E-state index < -0.39 is 0 Å². The number of rotatable bonds is 6. The van der Waals surface area contributed by atoms with Gasteiger partial charge in [-0.05, 0) is 36.6 Å². The van der Waals surface area contributed by atoms with Gasteiger partial charge in [0.05, 0.1) is 12.4 Å². The van der Waals surface area contributed by atoms with Gasteiger partial charge in [-0.3, -0.25) is 9.63 Å². The third-order valence-corrected chi connectivity index (χ3v) is 3.77. The number of carbonyl (C=O) groups excluding carboxylic acids is 1. The number of aryl methyl sites for hydroxylation is 1. The number of carbonyl (C=O) groups is 1. The Kier molecular flexibility index (Phi) is 6.75. The lowest BCUT2D eigenvalue weighted by Gasteiger charge is -2.08. The van der Waals surface area contributed by atoms with E-state index in [1.807, 2.05) is 39.0 Å². The lowest BCUT2D eigenvalue weighted by molar-refractivity contribution is -0.131. The number of amides is 1. The van der Waals surface area contributed by atoms with Gasteiger partial charge in [-0.15, -0.1) is 11.8 Å². The second-order valence-electron chi connectivity index (χ2n) is 4.43. The van der Waals surface area contributed by atoms with Gasteiger partial charge in [0.15, 0.2) is 0 Å². The minimum absolute atomic E-state index is 0.108. The summed E-state index contributed by atoms with van der Waals surface area (Å²) in [5.74, 6) is 0.662. The van der Waals surface area contributed by atoms with Crippen LogP contribution in [0.2, 0.25) is 0 Å². The molecule has 18 heavy (non-hydrogen) atoms. The zero-order valence-corrected chi connectivity index (χ0v) is 13.2. The molecule has 0 aromatic heterocycles. The first-order chi connectivity index (χ1) is 8.49. The quantitative estimate of drug-likeness (QED) is 0.639. The van der Waals surface area contributed by atoms with E-state index in [2.05, 4.69) is 21.4 Å². The molecule has 1 amide bonds. The van der Waals surface area contributed by atoms with Crippen molar-refractivity contribution in [2.75, 3.05) is 12.4 Å². The molecule has 0 fully saturated rings. The maximum absolute atomic E-state index is 11.5. The zero-order chi connectivity index (χ0) is 13.5. The molecule has 100 valence electrons. The number of hydroxylamine groups is 1. The van der Waals surface area contributed by atoms with Gasteiger partial charge in [-0.1, -0.05) is 29.8 Å². The molecular formula is C13H18BrNO2S. The molecule has 0 atom stereocenters. The van der Waals surface area contributed by atoms with Crippen LogP contribution < -0.4 is 5.48 Å². The zero-order valence-electron chi connectivity index (χ0n) is 10.8. The van der Waals surface area contributed by atoms with Gasteiger partial charge in [0, 0.05) is 9.37 Å². The molecule has 0 radical (unpaired) electrons. The Labute approximate surface area is 121 Å².